The largest absolute Gasteiger partial charge is 0.279 e. The van der Waals surface area contributed by atoms with E-state index in [1.54, 1.807) is 12.1 Å². The zero-order chi connectivity index (χ0) is 22.2. The highest BCUT2D eigenvalue weighted by molar-refractivity contribution is 7.91. The number of carbonyl (C=O) groups excluding carboxylic acids is 2. The van der Waals surface area contributed by atoms with E-state index in [9.17, 15) is 18.0 Å². The summed E-state index contributed by atoms with van der Waals surface area (Å²) in [5.74, 6) is -0.552. The third-order valence-corrected chi connectivity index (χ3v) is 10.5. The van der Waals surface area contributed by atoms with Crippen LogP contribution in [0.25, 0.3) is 0 Å². The molecular formula is C21H27N3O4S3. The number of hydrogen-bond acceptors (Lipinski definition) is 6. The fourth-order valence-corrected chi connectivity index (χ4v) is 8.22. The molecule has 1 fully saturated rings. The van der Waals surface area contributed by atoms with Gasteiger partial charge in [-0.15, -0.1) is 22.7 Å². The van der Waals surface area contributed by atoms with Gasteiger partial charge in [0.1, 0.15) is 4.21 Å². The van der Waals surface area contributed by atoms with E-state index in [1.165, 1.54) is 37.4 Å². The summed E-state index contributed by atoms with van der Waals surface area (Å²) in [4.78, 5) is 27.9. The molecule has 4 rings (SSSR count). The van der Waals surface area contributed by atoms with Crippen LogP contribution < -0.4 is 10.9 Å². The van der Waals surface area contributed by atoms with E-state index in [4.69, 9.17) is 0 Å². The fraction of sp³-hybridized carbons (Fsp3) is 0.524. The number of hydrazine groups is 1. The Bertz CT molecular complexity index is 1090. The van der Waals surface area contributed by atoms with Gasteiger partial charge in [-0.1, -0.05) is 6.92 Å². The van der Waals surface area contributed by atoms with Crippen molar-refractivity contribution in [3.8, 4) is 0 Å². The predicted molar refractivity (Wildman–Crippen MR) is 122 cm³/mol. The first-order valence-corrected chi connectivity index (χ1v) is 13.6. The first-order valence-electron chi connectivity index (χ1n) is 10.5. The molecule has 2 aromatic rings. The smallest absolute Gasteiger partial charge is 0.273 e. The molecule has 2 N–H and O–H groups in total. The SMILES string of the molecule is Cc1ccc(S(=O)(=O)N2CCC[C@@H](C(=O)NNC(=O)c3cc4c(s3)CC[C@@H](C)C4)C2)s1. The Morgan fingerprint density at radius 1 is 1.16 bits per heavy atom. The molecule has 0 spiro atoms. The van der Waals surface area contributed by atoms with Crippen LogP contribution in [0.3, 0.4) is 0 Å². The average molecular weight is 482 g/mol. The molecule has 2 amide bonds. The van der Waals surface area contributed by atoms with E-state index in [0.717, 1.165) is 24.1 Å². The number of piperidine rings is 1. The van der Waals surface area contributed by atoms with Crippen molar-refractivity contribution < 1.29 is 18.0 Å². The maximum atomic E-state index is 12.9. The Balaban J connectivity index is 1.35. The Hall–Kier alpha value is -1.75. The van der Waals surface area contributed by atoms with Crippen molar-refractivity contribution in [3.63, 3.8) is 0 Å². The first kappa shape index (κ1) is 22.4. The van der Waals surface area contributed by atoms with Crippen LogP contribution in [0.15, 0.2) is 22.4 Å². The van der Waals surface area contributed by atoms with E-state index in [0.29, 0.717) is 34.4 Å². The van der Waals surface area contributed by atoms with Gasteiger partial charge in [0, 0.05) is 22.8 Å². The predicted octanol–water partition coefficient (Wildman–Crippen LogP) is 3.10. The van der Waals surface area contributed by atoms with Crippen molar-refractivity contribution >= 4 is 44.5 Å². The third kappa shape index (κ3) is 4.87. The van der Waals surface area contributed by atoms with Crippen LogP contribution in [0.4, 0.5) is 0 Å². The van der Waals surface area contributed by atoms with Crippen molar-refractivity contribution in [1.82, 2.24) is 15.2 Å². The number of rotatable bonds is 4. The molecule has 0 unspecified atom stereocenters. The number of aryl methyl sites for hydroxylation is 2. The highest BCUT2D eigenvalue weighted by atomic mass is 32.2. The second kappa shape index (κ2) is 9.01. The molecule has 1 saturated heterocycles. The molecule has 3 heterocycles. The Morgan fingerprint density at radius 3 is 2.71 bits per heavy atom. The van der Waals surface area contributed by atoms with Gasteiger partial charge in [0.05, 0.1) is 10.8 Å². The average Bonchev–Trinajstić information content (AvgIpc) is 3.38. The Labute approximate surface area is 190 Å². The normalized spacial score (nSPS) is 22.0. The van der Waals surface area contributed by atoms with Crippen LogP contribution >= 0.6 is 22.7 Å². The molecule has 2 atom stereocenters. The first-order chi connectivity index (χ1) is 14.7. The van der Waals surface area contributed by atoms with Crippen LogP contribution in [0.5, 0.6) is 0 Å². The maximum Gasteiger partial charge on any atom is 0.279 e. The van der Waals surface area contributed by atoms with Gasteiger partial charge in [-0.2, -0.15) is 4.31 Å². The van der Waals surface area contributed by atoms with E-state index >= 15 is 0 Å². The van der Waals surface area contributed by atoms with Crippen LogP contribution in [-0.2, 0) is 27.7 Å². The third-order valence-electron chi connectivity index (χ3n) is 5.92. The Kier molecular flexibility index (Phi) is 6.52. The van der Waals surface area contributed by atoms with Gasteiger partial charge in [0.2, 0.25) is 5.91 Å². The minimum Gasteiger partial charge on any atom is -0.273 e. The van der Waals surface area contributed by atoms with Gasteiger partial charge in [-0.05, 0) is 68.7 Å². The molecule has 2 aromatic heterocycles. The molecule has 0 saturated carbocycles. The number of amides is 2. The molecule has 1 aliphatic heterocycles. The molecule has 7 nitrogen and oxygen atoms in total. The van der Waals surface area contributed by atoms with Crippen LogP contribution in [-0.4, -0.2) is 37.6 Å². The summed E-state index contributed by atoms with van der Waals surface area (Å²) in [5.41, 5.74) is 6.25. The van der Waals surface area contributed by atoms with Crippen LogP contribution in [0, 0.1) is 18.8 Å². The lowest BCUT2D eigenvalue weighted by atomic mass is 9.90. The van der Waals surface area contributed by atoms with E-state index in [2.05, 4.69) is 17.8 Å². The molecule has 0 radical (unpaired) electrons. The van der Waals surface area contributed by atoms with Crippen molar-refractivity contribution in [1.29, 1.82) is 0 Å². The topological polar surface area (TPSA) is 95.6 Å². The zero-order valence-corrected chi connectivity index (χ0v) is 20.1. The van der Waals surface area contributed by atoms with Gasteiger partial charge in [-0.25, -0.2) is 8.42 Å². The molecule has 31 heavy (non-hydrogen) atoms. The fourth-order valence-electron chi connectivity index (χ4n) is 4.15. The molecule has 0 bridgehead atoms. The van der Waals surface area contributed by atoms with Gasteiger partial charge in [0.15, 0.2) is 0 Å². The lowest BCUT2D eigenvalue weighted by Crippen LogP contribution is -2.49. The summed E-state index contributed by atoms with van der Waals surface area (Å²) in [6, 6.07) is 5.32. The minimum atomic E-state index is -3.60. The lowest BCUT2D eigenvalue weighted by Gasteiger charge is -2.30. The summed E-state index contributed by atoms with van der Waals surface area (Å²) in [7, 11) is -3.60. The van der Waals surface area contributed by atoms with Crippen LogP contribution in [0.1, 0.15) is 51.2 Å². The number of hydrogen-bond donors (Lipinski definition) is 2. The van der Waals surface area contributed by atoms with Gasteiger partial charge >= 0.3 is 0 Å². The zero-order valence-electron chi connectivity index (χ0n) is 17.6. The van der Waals surface area contributed by atoms with Crippen LogP contribution in [0.2, 0.25) is 0 Å². The summed E-state index contributed by atoms with van der Waals surface area (Å²) < 4.78 is 27.4. The monoisotopic (exact) mass is 481 g/mol. The van der Waals surface area contributed by atoms with Crippen molar-refractivity contribution in [2.24, 2.45) is 11.8 Å². The second-order valence-electron chi connectivity index (χ2n) is 8.42. The summed E-state index contributed by atoms with van der Waals surface area (Å²) in [6.07, 6.45) is 4.31. The van der Waals surface area contributed by atoms with E-state index in [1.807, 2.05) is 13.0 Å². The summed E-state index contributed by atoms with van der Waals surface area (Å²) in [5, 5.41) is 0. The summed E-state index contributed by atoms with van der Waals surface area (Å²) >= 11 is 2.72. The Morgan fingerprint density at radius 2 is 1.97 bits per heavy atom. The van der Waals surface area contributed by atoms with Gasteiger partial charge in [-0.3, -0.25) is 20.4 Å². The lowest BCUT2D eigenvalue weighted by molar-refractivity contribution is -0.126. The van der Waals surface area contributed by atoms with Gasteiger partial charge in [0.25, 0.3) is 15.9 Å². The number of fused-ring (bicyclic) bond motifs is 1. The quantitative estimate of drug-likeness (QED) is 0.656. The number of thiophene rings is 2. The highest BCUT2D eigenvalue weighted by Crippen LogP contribution is 2.32. The van der Waals surface area contributed by atoms with Crippen molar-refractivity contribution in [3.05, 3.63) is 38.4 Å². The number of nitrogens with zero attached hydrogens (tertiary/aromatic N) is 1. The number of nitrogens with one attached hydrogen (secondary N) is 2. The maximum absolute atomic E-state index is 12.9. The molecule has 2 aliphatic rings. The number of carbonyl (C=O) groups is 2. The number of sulfonamides is 1. The molecule has 1 aliphatic carbocycles. The summed E-state index contributed by atoms with van der Waals surface area (Å²) in [6.45, 7) is 4.60. The standard InChI is InChI=1S/C21H27N3O4S3/c1-13-5-7-17-16(10-13)11-18(30-17)21(26)23-22-20(25)15-4-3-9-24(12-15)31(27,28)19-8-6-14(2)29-19/h6,8,11,13,15H,3-5,7,9-10,12H2,1-2H3,(H,22,25)(H,23,26)/t13-,15-/m1/s1. The second-order valence-corrected chi connectivity index (χ2v) is 13.0. The van der Waals surface area contributed by atoms with E-state index in [-0.39, 0.29) is 18.4 Å². The van der Waals surface area contributed by atoms with Crippen molar-refractivity contribution in [2.75, 3.05) is 13.1 Å². The van der Waals surface area contributed by atoms with Gasteiger partial charge < -0.3 is 0 Å². The highest BCUT2D eigenvalue weighted by Gasteiger charge is 2.34. The minimum absolute atomic E-state index is 0.117. The molecule has 0 aromatic carbocycles. The molecule has 168 valence electrons. The van der Waals surface area contributed by atoms with E-state index < -0.39 is 15.9 Å². The van der Waals surface area contributed by atoms with Crippen molar-refractivity contribution in [2.45, 2.75) is 50.2 Å². The molecule has 10 heteroatoms. The molecular weight excluding hydrogens is 454 g/mol.